The van der Waals surface area contributed by atoms with Gasteiger partial charge >= 0.3 is 0 Å². The lowest BCUT2D eigenvalue weighted by Crippen LogP contribution is -2.27. The summed E-state index contributed by atoms with van der Waals surface area (Å²) in [5.41, 5.74) is 0.737. The maximum absolute atomic E-state index is 12.5. The normalized spacial score (nSPS) is 12.0. The van der Waals surface area contributed by atoms with Gasteiger partial charge in [0.2, 0.25) is 10.0 Å². The molecule has 1 N–H and O–H groups in total. The van der Waals surface area contributed by atoms with Gasteiger partial charge in [-0.15, -0.1) is 11.3 Å². The van der Waals surface area contributed by atoms with Gasteiger partial charge in [0.15, 0.2) is 0 Å². The Morgan fingerprint density at radius 3 is 2.65 bits per heavy atom. The molecule has 0 aliphatic carbocycles. The maximum atomic E-state index is 12.5. The molecule has 108 valence electrons. The van der Waals surface area contributed by atoms with E-state index in [9.17, 15) is 13.5 Å². The van der Waals surface area contributed by atoms with Crippen LogP contribution in [0.25, 0.3) is 0 Å². The van der Waals surface area contributed by atoms with Gasteiger partial charge in [0.1, 0.15) is 0 Å². The van der Waals surface area contributed by atoms with E-state index < -0.39 is 10.0 Å². The lowest BCUT2D eigenvalue weighted by atomic mass is 10.2. The fraction of sp³-hybridized carbons (Fsp3) is 0.231. The molecule has 0 unspecified atom stereocenters. The molecule has 7 heteroatoms. The zero-order chi connectivity index (χ0) is 14.8. The van der Waals surface area contributed by atoms with Crippen molar-refractivity contribution in [3.05, 3.63) is 51.2 Å². The molecule has 20 heavy (non-hydrogen) atoms. The zero-order valence-electron chi connectivity index (χ0n) is 10.8. The molecular weight excluding hydrogens is 318 g/mol. The fourth-order valence-corrected chi connectivity index (χ4v) is 4.40. The number of hydrogen-bond acceptors (Lipinski definition) is 4. The van der Waals surface area contributed by atoms with E-state index in [0.29, 0.717) is 9.90 Å². The predicted molar refractivity (Wildman–Crippen MR) is 80.3 cm³/mol. The number of benzene rings is 1. The molecule has 0 aliphatic heterocycles. The standard InChI is InChI=1S/C13H14ClNO3S2/c1-15(8-10-4-2-3-5-11(10)14)20(17,18)13-6-7-19-12(13)9-16/h2-7,16H,8-9H2,1H3. The Labute approximate surface area is 127 Å². The van der Waals surface area contributed by atoms with Crippen molar-refractivity contribution in [3.8, 4) is 0 Å². The minimum absolute atomic E-state index is 0.152. The molecule has 0 fully saturated rings. The summed E-state index contributed by atoms with van der Waals surface area (Å²) in [6, 6.07) is 8.62. The number of hydrogen-bond donors (Lipinski definition) is 1. The number of aliphatic hydroxyl groups is 1. The van der Waals surface area contributed by atoms with Crippen molar-refractivity contribution >= 4 is 33.0 Å². The van der Waals surface area contributed by atoms with E-state index in [1.165, 1.54) is 28.8 Å². The first-order chi connectivity index (χ1) is 9.46. The van der Waals surface area contributed by atoms with E-state index in [0.717, 1.165) is 5.56 Å². The molecule has 1 aromatic carbocycles. The van der Waals surface area contributed by atoms with Crippen LogP contribution in [0.15, 0.2) is 40.6 Å². The van der Waals surface area contributed by atoms with Crippen LogP contribution in [0.4, 0.5) is 0 Å². The van der Waals surface area contributed by atoms with Gasteiger partial charge in [-0.05, 0) is 23.1 Å². The van der Waals surface area contributed by atoms with Gasteiger partial charge in [0.05, 0.1) is 11.5 Å². The Kier molecular flexibility index (Phi) is 4.82. The van der Waals surface area contributed by atoms with Crippen molar-refractivity contribution in [2.24, 2.45) is 0 Å². The third-order valence-electron chi connectivity index (χ3n) is 2.89. The highest BCUT2D eigenvalue weighted by molar-refractivity contribution is 7.89. The Bertz CT molecular complexity index is 697. The van der Waals surface area contributed by atoms with Crippen LogP contribution in [0, 0.1) is 0 Å². The first kappa shape index (κ1) is 15.5. The topological polar surface area (TPSA) is 57.6 Å². The molecule has 0 bridgehead atoms. The van der Waals surface area contributed by atoms with E-state index in [-0.39, 0.29) is 18.0 Å². The first-order valence-electron chi connectivity index (χ1n) is 5.83. The number of sulfonamides is 1. The highest BCUT2D eigenvalue weighted by Crippen LogP contribution is 2.26. The predicted octanol–water partition coefficient (Wildman–Crippen LogP) is 2.71. The quantitative estimate of drug-likeness (QED) is 0.916. The molecule has 0 saturated heterocycles. The number of nitrogens with zero attached hydrogens (tertiary/aromatic N) is 1. The molecule has 4 nitrogen and oxygen atoms in total. The number of aliphatic hydroxyl groups excluding tert-OH is 1. The van der Waals surface area contributed by atoms with E-state index in [4.69, 9.17) is 11.6 Å². The van der Waals surface area contributed by atoms with Gasteiger partial charge in [-0.2, -0.15) is 4.31 Å². The van der Waals surface area contributed by atoms with Crippen LogP contribution in [0.1, 0.15) is 10.4 Å². The molecule has 0 amide bonds. The molecule has 0 radical (unpaired) electrons. The SMILES string of the molecule is CN(Cc1ccccc1Cl)S(=O)(=O)c1ccsc1CO. The summed E-state index contributed by atoms with van der Waals surface area (Å²) < 4.78 is 26.2. The number of thiophene rings is 1. The van der Waals surface area contributed by atoms with Crippen LogP contribution in [-0.4, -0.2) is 24.9 Å². The maximum Gasteiger partial charge on any atom is 0.244 e. The van der Waals surface area contributed by atoms with Gasteiger partial charge in [0.25, 0.3) is 0 Å². The molecule has 0 aliphatic rings. The molecule has 0 spiro atoms. The summed E-state index contributed by atoms with van der Waals surface area (Å²) in [4.78, 5) is 0.593. The number of rotatable bonds is 5. The van der Waals surface area contributed by atoms with Gasteiger partial charge in [0, 0.05) is 23.5 Å². The minimum atomic E-state index is -3.63. The monoisotopic (exact) mass is 331 g/mol. The summed E-state index contributed by atoms with van der Waals surface area (Å²) in [5.74, 6) is 0. The Morgan fingerprint density at radius 1 is 1.30 bits per heavy atom. The van der Waals surface area contributed by atoms with Gasteiger partial charge in [-0.1, -0.05) is 29.8 Å². The largest absolute Gasteiger partial charge is 0.391 e. The van der Waals surface area contributed by atoms with Crippen molar-refractivity contribution in [2.45, 2.75) is 18.0 Å². The van der Waals surface area contributed by atoms with Crippen molar-refractivity contribution in [1.29, 1.82) is 0 Å². The average Bonchev–Trinajstić information content (AvgIpc) is 2.90. The average molecular weight is 332 g/mol. The first-order valence-corrected chi connectivity index (χ1v) is 8.53. The zero-order valence-corrected chi connectivity index (χ0v) is 13.2. The number of halogens is 1. The smallest absolute Gasteiger partial charge is 0.244 e. The van der Waals surface area contributed by atoms with E-state index in [1.807, 2.05) is 6.07 Å². The third-order valence-corrected chi connectivity index (χ3v) is 6.18. The fourth-order valence-electron chi connectivity index (χ4n) is 1.79. The van der Waals surface area contributed by atoms with E-state index in [2.05, 4.69) is 0 Å². The summed E-state index contributed by atoms with van der Waals surface area (Å²) >= 11 is 7.26. The highest BCUT2D eigenvalue weighted by atomic mass is 35.5. The van der Waals surface area contributed by atoms with Crippen LogP contribution in [0.3, 0.4) is 0 Å². The summed E-state index contributed by atoms with van der Waals surface area (Å²) in [6.45, 7) is -0.102. The van der Waals surface area contributed by atoms with Crippen LogP contribution >= 0.6 is 22.9 Å². The van der Waals surface area contributed by atoms with E-state index in [1.54, 1.807) is 23.6 Å². The van der Waals surface area contributed by atoms with Crippen LogP contribution in [-0.2, 0) is 23.2 Å². The van der Waals surface area contributed by atoms with Gasteiger partial charge in [-0.25, -0.2) is 8.42 Å². The second-order valence-electron chi connectivity index (χ2n) is 4.22. The van der Waals surface area contributed by atoms with E-state index >= 15 is 0 Å². The van der Waals surface area contributed by atoms with Crippen LogP contribution in [0.2, 0.25) is 5.02 Å². The molecule has 0 saturated carbocycles. The van der Waals surface area contributed by atoms with Gasteiger partial charge in [-0.3, -0.25) is 0 Å². The second kappa shape index (κ2) is 6.24. The van der Waals surface area contributed by atoms with Crippen molar-refractivity contribution < 1.29 is 13.5 Å². The Balaban J connectivity index is 2.29. The second-order valence-corrected chi connectivity index (χ2v) is 7.64. The Morgan fingerprint density at radius 2 is 2.00 bits per heavy atom. The third kappa shape index (κ3) is 3.05. The molecule has 1 heterocycles. The van der Waals surface area contributed by atoms with Gasteiger partial charge < -0.3 is 5.11 Å². The molecule has 0 atom stereocenters. The summed E-state index contributed by atoms with van der Waals surface area (Å²) in [7, 11) is -2.13. The van der Waals surface area contributed by atoms with Crippen molar-refractivity contribution in [1.82, 2.24) is 4.31 Å². The summed E-state index contributed by atoms with van der Waals surface area (Å²) in [6.07, 6.45) is 0. The van der Waals surface area contributed by atoms with Crippen LogP contribution < -0.4 is 0 Å². The minimum Gasteiger partial charge on any atom is -0.391 e. The molecule has 2 rings (SSSR count). The Hall–Kier alpha value is -0.920. The lowest BCUT2D eigenvalue weighted by Gasteiger charge is -2.18. The molecule has 2 aromatic rings. The highest BCUT2D eigenvalue weighted by Gasteiger charge is 2.25. The lowest BCUT2D eigenvalue weighted by molar-refractivity contribution is 0.282. The molecular formula is C13H14ClNO3S2. The van der Waals surface area contributed by atoms with Crippen molar-refractivity contribution in [3.63, 3.8) is 0 Å². The van der Waals surface area contributed by atoms with Crippen molar-refractivity contribution in [2.75, 3.05) is 7.05 Å². The molecule has 1 aromatic heterocycles. The van der Waals surface area contributed by atoms with Crippen LogP contribution in [0.5, 0.6) is 0 Å². The summed E-state index contributed by atoms with van der Waals surface area (Å²) in [5, 5.41) is 11.4.